The van der Waals surface area contributed by atoms with E-state index in [9.17, 15) is 0 Å². The summed E-state index contributed by atoms with van der Waals surface area (Å²) in [6, 6.07) is 0.420. The Labute approximate surface area is 123 Å². The second-order valence-electron chi connectivity index (χ2n) is 5.70. The van der Waals surface area contributed by atoms with Gasteiger partial charge in [0.2, 0.25) is 0 Å². The monoisotopic (exact) mass is 327 g/mol. The summed E-state index contributed by atoms with van der Waals surface area (Å²) in [5.74, 6) is 2.68. The van der Waals surface area contributed by atoms with Gasteiger partial charge in [-0.2, -0.15) is 5.10 Å². The molecule has 2 aliphatic rings. The summed E-state index contributed by atoms with van der Waals surface area (Å²) < 4.78 is 8.38. The van der Waals surface area contributed by atoms with Crippen LogP contribution in [-0.4, -0.2) is 30.5 Å². The SMILES string of the molecule is CNC(c1c(Br)cnn1CCOC)C1C2CCCC21. The van der Waals surface area contributed by atoms with E-state index in [4.69, 9.17) is 4.74 Å². The van der Waals surface area contributed by atoms with Gasteiger partial charge in [0, 0.05) is 7.11 Å². The molecule has 0 amide bonds. The number of rotatable bonds is 6. The van der Waals surface area contributed by atoms with Crippen molar-refractivity contribution in [2.45, 2.75) is 31.8 Å². The van der Waals surface area contributed by atoms with E-state index in [-0.39, 0.29) is 0 Å². The van der Waals surface area contributed by atoms with Gasteiger partial charge in [-0.25, -0.2) is 0 Å². The van der Waals surface area contributed by atoms with Crippen molar-refractivity contribution in [1.29, 1.82) is 0 Å². The molecule has 0 spiro atoms. The number of ether oxygens (including phenoxy) is 1. The van der Waals surface area contributed by atoms with Crippen molar-refractivity contribution >= 4 is 15.9 Å². The van der Waals surface area contributed by atoms with Crippen molar-refractivity contribution in [3.8, 4) is 0 Å². The average Bonchev–Trinajstić information content (AvgIpc) is 2.78. The second-order valence-corrected chi connectivity index (χ2v) is 6.55. The zero-order chi connectivity index (χ0) is 13.4. The zero-order valence-corrected chi connectivity index (χ0v) is 13.2. The number of nitrogens with one attached hydrogen (secondary N) is 1. The van der Waals surface area contributed by atoms with Gasteiger partial charge in [-0.3, -0.25) is 4.68 Å². The Hall–Kier alpha value is -0.390. The molecule has 106 valence electrons. The molecule has 0 aromatic carbocycles. The van der Waals surface area contributed by atoms with Crippen LogP contribution < -0.4 is 5.32 Å². The van der Waals surface area contributed by atoms with Crippen LogP contribution in [0.5, 0.6) is 0 Å². The van der Waals surface area contributed by atoms with Crippen LogP contribution in [-0.2, 0) is 11.3 Å². The lowest BCUT2D eigenvalue weighted by atomic mass is 10.0. The van der Waals surface area contributed by atoms with Gasteiger partial charge in [-0.05, 0) is 53.6 Å². The van der Waals surface area contributed by atoms with E-state index in [1.54, 1.807) is 7.11 Å². The van der Waals surface area contributed by atoms with Crippen molar-refractivity contribution in [1.82, 2.24) is 15.1 Å². The predicted molar refractivity (Wildman–Crippen MR) is 77.9 cm³/mol. The molecule has 0 radical (unpaired) electrons. The van der Waals surface area contributed by atoms with E-state index in [2.05, 4.69) is 38.1 Å². The van der Waals surface area contributed by atoms with E-state index < -0.39 is 0 Å². The van der Waals surface area contributed by atoms with E-state index in [1.165, 1.54) is 25.0 Å². The molecule has 19 heavy (non-hydrogen) atoms. The summed E-state index contributed by atoms with van der Waals surface area (Å²) in [5.41, 5.74) is 1.29. The zero-order valence-electron chi connectivity index (χ0n) is 11.6. The summed E-state index contributed by atoms with van der Waals surface area (Å²) in [7, 11) is 3.80. The van der Waals surface area contributed by atoms with E-state index in [1.807, 2.05) is 6.20 Å². The first-order valence-electron chi connectivity index (χ1n) is 7.15. The Balaban J connectivity index is 1.80. The van der Waals surface area contributed by atoms with Crippen molar-refractivity contribution < 1.29 is 4.74 Å². The summed E-state index contributed by atoms with van der Waals surface area (Å²) in [6.45, 7) is 1.52. The standard InChI is InChI=1S/C14H22BrN3O/c1-16-13(12-9-4-3-5-10(9)12)14-11(15)8-17-18(14)6-7-19-2/h8-10,12-13,16H,3-7H2,1-2H3. The third kappa shape index (κ3) is 2.36. The first kappa shape index (κ1) is 13.6. The van der Waals surface area contributed by atoms with Crippen molar-refractivity contribution in [2.75, 3.05) is 20.8 Å². The number of aromatic nitrogens is 2. The van der Waals surface area contributed by atoms with Crippen molar-refractivity contribution in [3.63, 3.8) is 0 Å². The Morgan fingerprint density at radius 2 is 2.26 bits per heavy atom. The molecule has 1 N–H and O–H groups in total. The lowest BCUT2D eigenvalue weighted by molar-refractivity contribution is 0.181. The average molecular weight is 328 g/mol. The van der Waals surface area contributed by atoms with Crippen LogP contribution in [0.15, 0.2) is 10.7 Å². The smallest absolute Gasteiger partial charge is 0.0699 e. The number of fused-ring (bicyclic) bond motifs is 1. The van der Waals surface area contributed by atoms with Gasteiger partial charge in [0.15, 0.2) is 0 Å². The van der Waals surface area contributed by atoms with Crippen LogP contribution in [0.1, 0.15) is 31.0 Å². The summed E-state index contributed by atoms with van der Waals surface area (Å²) in [6.07, 6.45) is 6.16. The number of hydrogen-bond acceptors (Lipinski definition) is 3. The minimum Gasteiger partial charge on any atom is -0.383 e. The lowest BCUT2D eigenvalue weighted by Gasteiger charge is -2.20. The highest BCUT2D eigenvalue weighted by atomic mass is 79.9. The maximum Gasteiger partial charge on any atom is 0.0699 e. The Bertz CT molecular complexity index is 438. The van der Waals surface area contributed by atoms with Crippen molar-refractivity contribution in [3.05, 3.63) is 16.4 Å². The van der Waals surface area contributed by atoms with E-state index in [0.29, 0.717) is 12.6 Å². The third-order valence-electron chi connectivity index (χ3n) is 4.80. The quantitative estimate of drug-likeness (QED) is 0.872. The fourth-order valence-corrected chi connectivity index (χ4v) is 4.46. The normalized spacial score (nSPS) is 30.4. The van der Waals surface area contributed by atoms with Gasteiger partial charge >= 0.3 is 0 Å². The van der Waals surface area contributed by atoms with Gasteiger partial charge in [0.25, 0.3) is 0 Å². The summed E-state index contributed by atoms with van der Waals surface area (Å²) in [5, 5.41) is 8.00. The summed E-state index contributed by atoms with van der Waals surface area (Å²) >= 11 is 3.66. The van der Waals surface area contributed by atoms with Gasteiger partial charge < -0.3 is 10.1 Å². The van der Waals surface area contributed by atoms with Crippen LogP contribution in [0.3, 0.4) is 0 Å². The molecule has 0 saturated heterocycles. The number of hydrogen-bond donors (Lipinski definition) is 1. The molecule has 2 fully saturated rings. The fraction of sp³-hybridized carbons (Fsp3) is 0.786. The van der Waals surface area contributed by atoms with Crippen LogP contribution >= 0.6 is 15.9 Å². The lowest BCUT2D eigenvalue weighted by Crippen LogP contribution is -2.25. The Kier molecular flexibility index (Phi) is 3.96. The van der Waals surface area contributed by atoms with Crippen LogP contribution in [0.4, 0.5) is 0 Å². The van der Waals surface area contributed by atoms with Crippen molar-refractivity contribution in [2.24, 2.45) is 17.8 Å². The first-order chi connectivity index (χ1) is 9.27. The number of halogens is 1. The molecule has 3 rings (SSSR count). The van der Waals surface area contributed by atoms with E-state index in [0.717, 1.165) is 28.8 Å². The Morgan fingerprint density at radius 3 is 2.89 bits per heavy atom. The maximum atomic E-state index is 5.18. The largest absolute Gasteiger partial charge is 0.383 e. The van der Waals surface area contributed by atoms with Gasteiger partial charge in [0.05, 0.1) is 35.6 Å². The summed E-state index contributed by atoms with van der Waals surface area (Å²) in [4.78, 5) is 0. The predicted octanol–water partition coefficient (Wildman–Crippen LogP) is 2.60. The van der Waals surface area contributed by atoms with Crippen LogP contribution in [0.25, 0.3) is 0 Å². The highest BCUT2D eigenvalue weighted by Gasteiger charge is 2.56. The fourth-order valence-electron chi connectivity index (χ4n) is 3.92. The topological polar surface area (TPSA) is 39.1 Å². The molecular weight excluding hydrogens is 306 g/mol. The van der Waals surface area contributed by atoms with Gasteiger partial charge in [0.1, 0.15) is 0 Å². The molecule has 0 aliphatic heterocycles. The number of methoxy groups -OCH3 is 1. The van der Waals surface area contributed by atoms with Crippen LogP contribution in [0, 0.1) is 17.8 Å². The molecule has 1 aromatic heterocycles. The minimum absolute atomic E-state index is 0.420. The minimum atomic E-state index is 0.420. The van der Waals surface area contributed by atoms with E-state index >= 15 is 0 Å². The molecule has 1 aromatic rings. The van der Waals surface area contributed by atoms with Gasteiger partial charge in [-0.15, -0.1) is 0 Å². The second kappa shape index (κ2) is 5.54. The molecule has 4 nitrogen and oxygen atoms in total. The molecule has 3 unspecified atom stereocenters. The first-order valence-corrected chi connectivity index (χ1v) is 7.94. The molecule has 2 saturated carbocycles. The van der Waals surface area contributed by atoms with Gasteiger partial charge in [-0.1, -0.05) is 6.42 Å². The molecule has 2 aliphatic carbocycles. The highest BCUT2D eigenvalue weighted by Crippen LogP contribution is 2.62. The molecule has 0 bridgehead atoms. The molecular formula is C14H22BrN3O. The number of nitrogens with zero attached hydrogens (tertiary/aromatic N) is 2. The highest BCUT2D eigenvalue weighted by molar-refractivity contribution is 9.10. The van der Waals surface area contributed by atoms with Crippen LogP contribution in [0.2, 0.25) is 0 Å². The third-order valence-corrected chi connectivity index (χ3v) is 5.41. The Morgan fingerprint density at radius 1 is 1.53 bits per heavy atom. The molecule has 5 heteroatoms. The maximum absolute atomic E-state index is 5.18. The molecule has 3 atom stereocenters. The molecule has 1 heterocycles.